The minimum Gasteiger partial charge on any atom is -0.323 e. The molecule has 0 spiro atoms. The molecule has 3 rings (SSSR count). The summed E-state index contributed by atoms with van der Waals surface area (Å²) in [5, 5.41) is 4.91. The van der Waals surface area contributed by atoms with Gasteiger partial charge in [-0.05, 0) is 36.8 Å². The number of benzene rings is 2. The van der Waals surface area contributed by atoms with Gasteiger partial charge >= 0.3 is 0 Å². The highest BCUT2D eigenvalue weighted by Gasteiger charge is 2.11. The van der Waals surface area contributed by atoms with E-state index in [1.54, 1.807) is 30.5 Å². The number of nitrogens with zero attached hydrogens (tertiary/aromatic N) is 1. The molecule has 6 heteroatoms. The Bertz CT molecular complexity index is 892. The first-order valence-electron chi connectivity index (χ1n) is 7.27. The molecule has 0 saturated carbocycles. The fraction of sp³-hybridized carbons (Fsp3) is 0.111. The van der Waals surface area contributed by atoms with E-state index in [4.69, 9.17) is 0 Å². The second kappa shape index (κ2) is 6.88. The van der Waals surface area contributed by atoms with Gasteiger partial charge in [-0.1, -0.05) is 18.2 Å². The van der Waals surface area contributed by atoms with Gasteiger partial charge in [-0.2, -0.15) is 0 Å². The van der Waals surface area contributed by atoms with Gasteiger partial charge in [0.15, 0.2) is 0 Å². The highest BCUT2D eigenvalue weighted by atomic mass is 32.1. The summed E-state index contributed by atoms with van der Waals surface area (Å²) in [6.07, 6.45) is 0.0269. The predicted molar refractivity (Wildman–Crippen MR) is 91.0 cm³/mol. The molecule has 122 valence electrons. The van der Waals surface area contributed by atoms with Gasteiger partial charge in [-0.25, -0.2) is 13.8 Å². The second-order valence-corrected chi connectivity index (χ2v) is 6.22. The zero-order chi connectivity index (χ0) is 17.1. The van der Waals surface area contributed by atoms with Crippen LogP contribution >= 0.6 is 11.3 Å². The molecule has 3 aromatic rings. The van der Waals surface area contributed by atoms with E-state index in [9.17, 15) is 13.6 Å². The molecule has 0 radical (unpaired) electrons. The Labute approximate surface area is 142 Å². The molecular formula is C18H14F2N2OS. The Morgan fingerprint density at radius 2 is 2.04 bits per heavy atom. The summed E-state index contributed by atoms with van der Waals surface area (Å²) in [4.78, 5) is 16.4. The van der Waals surface area contributed by atoms with E-state index in [2.05, 4.69) is 10.3 Å². The fourth-order valence-corrected chi connectivity index (χ4v) is 3.04. The van der Waals surface area contributed by atoms with Crippen molar-refractivity contribution >= 4 is 22.9 Å². The highest BCUT2D eigenvalue weighted by molar-refractivity contribution is 7.13. The van der Waals surface area contributed by atoms with E-state index in [1.807, 2.05) is 0 Å². The van der Waals surface area contributed by atoms with Crippen LogP contribution in [0.4, 0.5) is 14.5 Å². The van der Waals surface area contributed by atoms with Gasteiger partial charge in [0.2, 0.25) is 5.91 Å². The molecule has 3 nitrogen and oxygen atoms in total. The molecule has 0 saturated heterocycles. The quantitative estimate of drug-likeness (QED) is 0.753. The smallest absolute Gasteiger partial charge is 0.230 e. The van der Waals surface area contributed by atoms with E-state index >= 15 is 0 Å². The molecule has 24 heavy (non-hydrogen) atoms. The van der Waals surface area contributed by atoms with Crippen molar-refractivity contribution in [1.29, 1.82) is 0 Å². The van der Waals surface area contributed by atoms with Gasteiger partial charge in [-0.3, -0.25) is 4.79 Å². The Balaban J connectivity index is 1.69. The number of carbonyl (C=O) groups is 1. The van der Waals surface area contributed by atoms with Gasteiger partial charge in [0.1, 0.15) is 16.6 Å². The number of hydrogen-bond donors (Lipinski definition) is 1. The molecule has 0 aliphatic rings. The standard InChI is InChI=1S/C18H14F2N2OS/c1-11-5-6-16(15(20)7-11)22-17(23)9-14-10-24-18(21-14)12-3-2-4-13(19)8-12/h2-8,10H,9H2,1H3,(H,22,23). The monoisotopic (exact) mass is 344 g/mol. The number of hydrogen-bond acceptors (Lipinski definition) is 3. The first-order chi connectivity index (χ1) is 11.5. The second-order valence-electron chi connectivity index (χ2n) is 5.36. The largest absolute Gasteiger partial charge is 0.323 e. The van der Waals surface area contributed by atoms with Crippen LogP contribution < -0.4 is 5.32 Å². The van der Waals surface area contributed by atoms with E-state index in [0.717, 1.165) is 5.56 Å². The lowest BCUT2D eigenvalue weighted by molar-refractivity contribution is -0.115. The molecule has 2 aromatic carbocycles. The van der Waals surface area contributed by atoms with Gasteiger partial charge in [0, 0.05) is 10.9 Å². The molecule has 1 amide bonds. The van der Waals surface area contributed by atoms with Crippen LogP contribution in [0, 0.1) is 18.6 Å². The number of aryl methyl sites for hydroxylation is 1. The van der Waals surface area contributed by atoms with E-state index in [-0.39, 0.29) is 23.8 Å². The summed E-state index contributed by atoms with van der Waals surface area (Å²) in [5.41, 5.74) is 2.15. The molecule has 0 aliphatic carbocycles. The van der Waals surface area contributed by atoms with Crippen LogP contribution in [0.1, 0.15) is 11.3 Å². The molecule has 0 atom stereocenters. The van der Waals surface area contributed by atoms with Crippen molar-refractivity contribution in [2.75, 3.05) is 5.32 Å². The lowest BCUT2D eigenvalue weighted by atomic mass is 10.2. The molecule has 0 fully saturated rings. The highest BCUT2D eigenvalue weighted by Crippen LogP contribution is 2.24. The fourth-order valence-electron chi connectivity index (χ4n) is 2.22. The third-order valence-corrected chi connectivity index (χ3v) is 4.30. The van der Waals surface area contributed by atoms with Crippen LogP contribution in [0.25, 0.3) is 10.6 Å². The van der Waals surface area contributed by atoms with E-state index < -0.39 is 5.82 Å². The van der Waals surface area contributed by atoms with Crippen LogP contribution in [0.5, 0.6) is 0 Å². The summed E-state index contributed by atoms with van der Waals surface area (Å²) in [6, 6.07) is 10.7. The van der Waals surface area contributed by atoms with Gasteiger partial charge in [-0.15, -0.1) is 11.3 Å². The maximum Gasteiger partial charge on any atom is 0.230 e. The van der Waals surface area contributed by atoms with Crippen LogP contribution in [0.3, 0.4) is 0 Å². The number of carbonyl (C=O) groups excluding carboxylic acids is 1. The van der Waals surface area contributed by atoms with Crippen LogP contribution in [-0.4, -0.2) is 10.9 Å². The molecule has 0 bridgehead atoms. The number of thiazole rings is 1. The van der Waals surface area contributed by atoms with Crippen molar-refractivity contribution in [3.8, 4) is 10.6 Å². The molecule has 0 unspecified atom stereocenters. The zero-order valence-electron chi connectivity index (χ0n) is 12.8. The SMILES string of the molecule is Cc1ccc(NC(=O)Cc2csc(-c3cccc(F)c3)n2)c(F)c1. The van der Waals surface area contributed by atoms with Gasteiger partial charge < -0.3 is 5.32 Å². The van der Waals surface area contributed by atoms with Crippen LogP contribution in [-0.2, 0) is 11.2 Å². The maximum atomic E-state index is 13.7. The number of nitrogens with one attached hydrogen (secondary N) is 1. The Morgan fingerprint density at radius 1 is 1.21 bits per heavy atom. The summed E-state index contributed by atoms with van der Waals surface area (Å²) < 4.78 is 27.0. The number of rotatable bonds is 4. The molecule has 1 N–H and O–H groups in total. The van der Waals surface area contributed by atoms with Gasteiger partial charge in [0.25, 0.3) is 0 Å². The van der Waals surface area contributed by atoms with Crippen molar-refractivity contribution in [3.63, 3.8) is 0 Å². The van der Waals surface area contributed by atoms with Crippen molar-refractivity contribution in [2.45, 2.75) is 13.3 Å². The van der Waals surface area contributed by atoms with E-state index in [1.165, 1.54) is 35.6 Å². The number of amides is 1. The Kier molecular flexibility index (Phi) is 4.66. The lowest BCUT2D eigenvalue weighted by Crippen LogP contribution is -2.15. The third-order valence-electron chi connectivity index (χ3n) is 3.36. The molecular weight excluding hydrogens is 330 g/mol. The predicted octanol–water partition coefficient (Wildman–Crippen LogP) is 4.58. The average molecular weight is 344 g/mol. The number of halogens is 2. The maximum absolute atomic E-state index is 13.7. The normalized spacial score (nSPS) is 10.6. The number of anilines is 1. The van der Waals surface area contributed by atoms with Gasteiger partial charge in [0.05, 0.1) is 17.8 Å². The van der Waals surface area contributed by atoms with Crippen LogP contribution in [0.2, 0.25) is 0 Å². The van der Waals surface area contributed by atoms with Crippen molar-refractivity contribution in [1.82, 2.24) is 4.98 Å². The third kappa shape index (κ3) is 3.83. The molecule has 1 heterocycles. The molecule has 1 aromatic heterocycles. The Hall–Kier alpha value is -2.60. The first kappa shape index (κ1) is 16.3. The van der Waals surface area contributed by atoms with Crippen LogP contribution in [0.15, 0.2) is 47.8 Å². The summed E-state index contributed by atoms with van der Waals surface area (Å²) in [5.74, 6) is -1.16. The first-order valence-corrected chi connectivity index (χ1v) is 8.15. The lowest BCUT2D eigenvalue weighted by Gasteiger charge is -2.06. The number of aromatic nitrogens is 1. The van der Waals surface area contributed by atoms with E-state index in [0.29, 0.717) is 16.3 Å². The molecule has 0 aliphatic heterocycles. The average Bonchev–Trinajstić information content (AvgIpc) is 2.98. The van der Waals surface area contributed by atoms with Crippen molar-refractivity contribution in [2.24, 2.45) is 0 Å². The van der Waals surface area contributed by atoms with Crippen molar-refractivity contribution < 1.29 is 13.6 Å². The summed E-state index contributed by atoms with van der Waals surface area (Å²) in [6.45, 7) is 1.78. The minimum atomic E-state index is -0.470. The minimum absolute atomic E-state index is 0.0269. The van der Waals surface area contributed by atoms with Crippen molar-refractivity contribution in [3.05, 3.63) is 70.7 Å². The zero-order valence-corrected chi connectivity index (χ0v) is 13.7. The summed E-state index contributed by atoms with van der Waals surface area (Å²) in [7, 11) is 0. The Morgan fingerprint density at radius 3 is 2.79 bits per heavy atom. The summed E-state index contributed by atoms with van der Waals surface area (Å²) >= 11 is 1.33. The topological polar surface area (TPSA) is 42.0 Å².